The molecule has 7 heteroatoms. The molecular weight excluding hydrogens is 340 g/mol. The fraction of sp³-hybridized carbons (Fsp3) is 0.611. The molecule has 0 atom stereocenters. The van der Waals surface area contributed by atoms with E-state index in [1.807, 2.05) is 30.9 Å². The molecular formula is C18H26N2O4S. The third kappa shape index (κ3) is 3.45. The molecule has 3 rings (SSSR count). The Labute approximate surface area is 149 Å². The van der Waals surface area contributed by atoms with E-state index in [-0.39, 0.29) is 5.91 Å². The summed E-state index contributed by atoms with van der Waals surface area (Å²) in [6.07, 6.45) is 2.41. The van der Waals surface area contributed by atoms with Crippen molar-refractivity contribution in [1.29, 1.82) is 0 Å². The SMILES string of the molecule is CCCC(=O)N1CCC2(CC1)OCCN2S(=O)(=O)c1ccc(C)cc1. The van der Waals surface area contributed by atoms with Crippen LogP contribution in [-0.2, 0) is 19.6 Å². The largest absolute Gasteiger partial charge is 0.358 e. The number of nitrogens with zero attached hydrogens (tertiary/aromatic N) is 2. The predicted octanol–water partition coefficient (Wildman–Crippen LogP) is 2.13. The molecule has 138 valence electrons. The first-order valence-electron chi connectivity index (χ1n) is 8.90. The number of carbonyl (C=O) groups excluding carboxylic acids is 1. The number of carbonyl (C=O) groups is 1. The van der Waals surface area contributed by atoms with Gasteiger partial charge >= 0.3 is 0 Å². The van der Waals surface area contributed by atoms with Gasteiger partial charge in [0.15, 0.2) is 0 Å². The number of piperidine rings is 1. The van der Waals surface area contributed by atoms with Crippen molar-refractivity contribution in [2.75, 3.05) is 26.2 Å². The van der Waals surface area contributed by atoms with Crippen molar-refractivity contribution in [3.63, 3.8) is 0 Å². The Hall–Kier alpha value is -1.44. The Morgan fingerprint density at radius 1 is 1.16 bits per heavy atom. The number of ether oxygens (including phenoxy) is 1. The standard InChI is InChI=1S/C18H26N2O4S/c1-3-4-17(21)19-11-9-18(10-12-19)20(13-14-24-18)25(22,23)16-7-5-15(2)6-8-16/h5-8H,3-4,9-14H2,1-2H3. The molecule has 1 amide bonds. The van der Waals surface area contributed by atoms with Crippen LogP contribution >= 0.6 is 0 Å². The van der Waals surface area contributed by atoms with Crippen molar-refractivity contribution >= 4 is 15.9 Å². The van der Waals surface area contributed by atoms with E-state index in [1.54, 1.807) is 12.1 Å². The molecule has 0 saturated carbocycles. The molecule has 0 N–H and O–H groups in total. The smallest absolute Gasteiger partial charge is 0.245 e. The van der Waals surface area contributed by atoms with E-state index in [1.165, 1.54) is 4.31 Å². The molecule has 0 aromatic heterocycles. The van der Waals surface area contributed by atoms with Gasteiger partial charge in [0.05, 0.1) is 11.5 Å². The minimum absolute atomic E-state index is 0.142. The van der Waals surface area contributed by atoms with Crippen molar-refractivity contribution < 1.29 is 17.9 Å². The Kier molecular flexibility index (Phi) is 5.18. The topological polar surface area (TPSA) is 66.9 Å². The highest BCUT2D eigenvalue weighted by atomic mass is 32.2. The Morgan fingerprint density at radius 3 is 2.40 bits per heavy atom. The minimum atomic E-state index is -3.61. The molecule has 0 unspecified atom stereocenters. The van der Waals surface area contributed by atoms with Crippen LogP contribution in [0.4, 0.5) is 0 Å². The maximum Gasteiger partial charge on any atom is 0.245 e. The zero-order valence-corrected chi connectivity index (χ0v) is 15.7. The van der Waals surface area contributed by atoms with Crippen molar-refractivity contribution in [2.24, 2.45) is 0 Å². The van der Waals surface area contributed by atoms with E-state index < -0.39 is 15.7 Å². The van der Waals surface area contributed by atoms with Gasteiger partial charge in [0, 0.05) is 38.9 Å². The van der Waals surface area contributed by atoms with Gasteiger partial charge in [-0.2, -0.15) is 4.31 Å². The number of hydrogen-bond acceptors (Lipinski definition) is 4. The van der Waals surface area contributed by atoms with Crippen molar-refractivity contribution in [1.82, 2.24) is 9.21 Å². The molecule has 2 saturated heterocycles. The molecule has 0 aliphatic carbocycles. The third-order valence-electron chi connectivity index (χ3n) is 5.09. The summed E-state index contributed by atoms with van der Waals surface area (Å²) in [5, 5.41) is 0. The van der Waals surface area contributed by atoms with Crippen molar-refractivity contribution in [3.05, 3.63) is 29.8 Å². The van der Waals surface area contributed by atoms with Crippen LogP contribution < -0.4 is 0 Å². The van der Waals surface area contributed by atoms with Gasteiger partial charge in [0.25, 0.3) is 0 Å². The summed E-state index contributed by atoms with van der Waals surface area (Å²) in [5.41, 5.74) is 0.210. The first-order valence-corrected chi connectivity index (χ1v) is 10.3. The zero-order chi connectivity index (χ0) is 18.1. The number of amides is 1. The van der Waals surface area contributed by atoms with Gasteiger partial charge in [0.2, 0.25) is 15.9 Å². The minimum Gasteiger partial charge on any atom is -0.358 e. The maximum atomic E-state index is 13.1. The van der Waals surface area contributed by atoms with Crippen LogP contribution in [0.1, 0.15) is 38.2 Å². The van der Waals surface area contributed by atoms with Gasteiger partial charge in [-0.05, 0) is 25.5 Å². The first kappa shape index (κ1) is 18.4. The fourth-order valence-corrected chi connectivity index (χ4v) is 5.36. The van der Waals surface area contributed by atoms with Crippen LogP contribution in [-0.4, -0.2) is 55.5 Å². The summed E-state index contributed by atoms with van der Waals surface area (Å²) in [6.45, 7) is 5.75. The lowest BCUT2D eigenvalue weighted by molar-refractivity contribution is -0.140. The number of hydrogen-bond donors (Lipinski definition) is 0. The second-order valence-corrected chi connectivity index (χ2v) is 8.68. The van der Waals surface area contributed by atoms with Gasteiger partial charge in [-0.15, -0.1) is 0 Å². The molecule has 2 fully saturated rings. The first-order chi connectivity index (χ1) is 11.9. The third-order valence-corrected chi connectivity index (χ3v) is 7.05. The number of aryl methyl sites for hydroxylation is 1. The van der Waals surface area contributed by atoms with E-state index in [0.29, 0.717) is 50.4 Å². The second kappa shape index (κ2) is 7.05. The lowest BCUT2D eigenvalue weighted by Crippen LogP contribution is -2.55. The highest BCUT2D eigenvalue weighted by molar-refractivity contribution is 7.89. The number of rotatable bonds is 4. The van der Waals surface area contributed by atoms with Crippen LogP contribution in [0.5, 0.6) is 0 Å². The summed E-state index contributed by atoms with van der Waals surface area (Å²) in [4.78, 5) is 14.2. The Morgan fingerprint density at radius 2 is 1.80 bits per heavy atom. The molecule has 0 radical (unpaired) electrons. The lowest BCUT2D eigenvalue weighted by atomic mass is 10.0. The average molecular weight is 366 g/mol. The number of sulfonamides is 1. The van der Waals surface area contributed by atoms with Crippen LogP contribution in [0.3, 0.4) is 0 Å². The second-order valence-electron chi connectivity index (χ2n) is 6.82. The van der Waals surface area contributed by atoms with E-state index in [4.69, 9.17) is 4.74 Å². The monoisotopic (exact) mass is 366 g/mol. The Balaban J connectivity index is 1.79. The number of likely N-dealkylation sites (tertiary alicyclic amines) is 1. The number of benzene rings is 1. The molecule has 1 aromatic rings. The van der Waals surface area contributed by atoms with Crippen molar-refractivity contribution in [3.8, 4) is 0 Å². The molecule has 0 bridgehead atoms. The molecule has 2 aliphatic rings. The molecule has 1 spiro atoms. The molecule has 1 aromatic carbocycles. The molecule has 25 heavy (non-hydrogen) atoms. The highest BCUT2D eigenvalue weighted by Gasteiger charge is 2.50. The van der Waals surface area contributed by atoms with E-state index in [2.05, 4.69) is 0 Å². The van der Waals surface area contributed by atoms with E-state index in [0.717, 1.165) is 12.0 Å². The summed E-state index contributed by atoms with van der Waals surface area (Å²) in [5.74, 6) is 0.142. The van der Waals surface area contributed by atoms with Gasteiger partial charge in [-0.1, -0.05) is 24.6 Å². The van der Waals surface area contributed by atoms with Crippen LogP contribution in [0.25, 0.3) is 0 Å². The van der Waals surface area contributed by atoms with Crippen molar-refractivity contribution in [2.45, 2.75) is 50.2 Å². The van der Waals surface area contributed by atoms with Gasteiger partial charge in [-0.25, -0.2) is 8.42 Å². The summed E-state index contributed by atoms with van der Waals surface area (Å²) >= 11 is 0. The summed E-state index contributed by atoms with van der Waals surface area (Å²) in [7, 11) is -3.61. The van der Waals surface area contributed by atoms with Gasteiger partial charge < -0.3 is 9.64 Å². The zero-order valence-electron chi connectivity index (χ0n) is 14.9. The normalized spacial score (nSPS) is 21.0. The highest BCUT2D eigenvalue weighted by Crippen LogP contribution is 2.38. The van der Waals surface area contributed by atoms with Crippen LogP contribution in [0.2, 0.25) is 0 Å². The van der Waals surface area contributed by atoms with Gasteiger partial charge in [-0.3, -0.25) is 4.79 Å². The molecule has 6 nitrogen and oxygen atoms in total. The van der Waals surface area contributed by atoms with E-state index in [9.17, 15) is 13.2 Å². The van der Waals surface area contributed by atoms with Crippen LogP contribution in [0.15, 0.2) is 29.2 Å². The summed E-state index contributed by atoms with van der Waals surface area (Å²) < 4.78 is 33.6. The Bertz CT molecular complexity index is 722. The quantitative estimate of drug-likeness (QED) is 0.819. The predicted molar refractivity (Wildman–Crippen MR) is 94.5 cm³/mol. The fourth-order valence-electron chi connectivity index (χ4n) is 3.64. The lowest BCUT2D eigenvalue weighted by Gasteiger charge is -2.42. The molecule has 2 aliphatic heterocycles. The maximum absolute atomic E-state index is 13.1. The summed E-state index contributed by atoms with van der Waals surface area (Å²) in [6, 6.07) is 6.91. The average Bonchev–Trinajstić information content (AvgIpc) is 3.00. The molecule has 2 heterocycles. The van der Waals surface area contributed by atoms with Gasteiger partial charge in [0.1, 0.15) is 5.72 Å². The van der Waals surface area contributed by atoms with E-state index >= 15 is 0 Å². The van der Waals surface area contributed by atoms with Crippen LogP contribution in [0, 0.1) is 6.92 Å².